The summed E-state index contributed by atoms with van der Waals surface area (Å²) >= 11 is 0. The number of hydrogen-bond donors (Lipinski definition) is 4. The summed E-state index contributed by atoms with van der Waals surface area (Å²) in [5, 5.41) is 12.6. The first-order valence-corrected chi connectivity index (χ1v) is 7.85. The van der Waals surface area contributed by atoms with Crippen LogP contribution < -0.4 is 16.8 Å². The molecular formula is C16H23N5O5. The van der Waals surface area contributed by atoms with E-state index in [1.165, 1.54) is 7.05 Å². The van der Waals surface area contributed by atoms with Gasteiger partial charge < -0.3 is 26.7 Å². The molecule has 0 aromatic heterocycles. The van der Waals surface area contributed by atoms with Crippen molar-refractivity contribution in [2.75, 3.05) is 20.1 Å². The van der Waals surface area contributed by atoms with Crippen molar-refractivity contribution in [3.05, 3.63) is 35.9 Å². The fourth-order valence-corrected chi connectivity index (χ4v) is 2.00. The lowest BCUT2D eigenvalue weighted by atomic mass is 10.1. The fourth-order valence-electron chi connectivity index (χ4n) is 2.00. The molecule has 1 aromatic rings. The zero-order valence-electron chi connectivity index (χ0n) is 14.4. The van der Waals surface area contributed by atoms with E-state index in [1.54, 1.807) is 30.3 Å². The largest absolute Gasteiger partial charge is 0.480 e. The van der Waals surface area contributed by atoms with E-state index in [4.69, 9.17) is 21.4 Å². The zero-order valence-corrected chi connectivity index (χ0v) is 14.4. The van der Waals surface area contributed by atoms with Gasteiger partial charge in [0.05, 0.1) is 5.56 Å². The van der Waals surface area contributed by atoms with E-state index in [0.29, 0.717) is 12.0 Å². The van der Waals surface area contributed by atoms with E-state index in [-0.39, 0.29) is 25.5 Å². The molecule has 0 saturated heterocycles. The lowest BCUT2D eigenvalue weighted by Gasteiger charge is -2.18. The molecule has 10 heteroatoms. The average molecular weight is 365 g/mol. The topological polar surface area (TPSA) is 160 Å². The summed E-state index contributed by atoms with van der Waals surface area (Å²) < 4.78 is 0. The summed E-state index contributed by atoms with van der Waals surface area (Å²) in [4.78, 5) is 43.8. The van der Waals surface area contributed by atoms with Gasteiger partial charge in [0.15, 0.2) is 5.96 Å². The number of hydroxylamine groups is 2. The fraction of sp³-hybridized carbons (Fsp3) is 0.375. The molecule has 0 unspecified atom stereocenters. The molecule has 1 atom stereocenters. The molecule has 0 radical (unpaired) electrons. The SMILES string of the molecule is CN(CC(=O)N[C@@H](CCCN=C(N)N)C(=O)O)OC(=O)c1ccccc1. The standard InChI is InChI=1S/C16H23N5O5/c1-21(26-15(25)11-6-3-2-4-7-11)10-13(22)20-12(14(23)24)8-5-9-19-16(17)18/h2-4,6-7,12H,5,8-10H2,1H3,(H,20,22)(H,23,24)(H4,17,18,19)/t12-/m0/s1. The third-order valence-corrected chi connectivity index (χ3v) is 3.19. The van der Waals surface area contributed by atoms with Gasteiger partial charge in [0.2, 0.25) is 5.91 Å². The van der Waals surface area contributed by atoms with Gasteiger partial charge in [-0.05, 0) is 25.0 Å². The molecule has 0 fully saturated rings. The molecule has 6 N–H and O–H groups in total. The van der Waals surface area contributed by atoms with Crippen molar-refractivity contribution in [3.63, 3.8) is 0 Å². The highest BCUT2D eigenvalue weighted by atomic mass is 16.7. The molecule has 0 heterocycles. The van der Waals surface area contributed by atoms with Crippen molar-refractivity contribution < 1.29 is 24.3 Å². The van der Waals surface area contributed by atoms with Crippen LogP contribution in [0.15, 0.2) is 35.3 Å². The minimum Gasteiger partial charge on any atom is -0.480 e. The Morgan fingerprint density at radius 2 is 1.92 bits per heavy atom. The number of carboxylic acids is 1. The number of guanidine groups is 1. The number of amides is 1. The summed E-state index contributed by atoms with van der Waals surface area (Å²) in [5.74, 6) is -2.47. The molecule has 0 aliphatic rings. The predicted molar refractivity (Wildman–Crippen MR) is 94.0 cm³/mol. The van der Waals surface area contributed by atoms with Gasteiger partial charge in [-0.15, -0.1) is 5.06 Å². The summed E-state index contributed by atoms with van der Waals surface area (Å²) in [6.07, 6.45) is 0.541. The Morgan fingerprint density at radius 3 is 2.50 bits per heavy atom. The van der Waals surface area contributed by atoms with Crippen molar-refractivity contribution >= 4 is 23.8 Å². The van der Waals surface area contributed by atoms with E-state index in [0.717, 1.165) is 5.06 Å². The second-order valence-electron chi connectivity index (χ2n) is 5.44. The van der Waals surface area contributed by atoms with Crippen LogP contribution in [0.1, 0.15) is 23.2 Å². The normalized spacial score (nSPS) is 11.5. The highest BCUT2D eigenvalue weighted by Gasteiger charge is 2.21. The number of carboxylic acid groups (broad SMARTS) is 1. The van der Waals surface area contributed by atoms with Crippen LogP contribution >= 0.6 is 0 Å². The number of carbonyl (C=O) groups is 3. The molecule has 0 saturated carbocycles. The highest BCUT2D eigenvalue weighted by molar-refractivity contribution is 5.89. The average Bonchev–Trinajstić information content (AvgIpc) is 2.57. The van der Waals surface area contributed by atoms with Gasteiger partial charge >= 0.3 is 11.9 Å². The van der Waals surface area contributed by atoms with E-state index >= 15 is 0 Å². The van der Waals surface area contributed by atoms with E-state index < -0.39 is 23.9 Å². The maximum atomic E-state index is 12.0. The second-order valence-corrected chi connectivity index (χ2v) is 5.44. The van der Waals surface area contributed by atoms with Crippen LogP contribution in [-0.2, 0) is 14.4 Å². The van der Waals surface area contributed by atoms with Crippen LogP contribution in [0.25, 0.3) is 0 Å². The number of nitrogens with two attached hydrogens (primary N) is 2. The van der Waals surface area contributed by atoms with Crippen LogP contribution in [0.4, 0.5) is 0 Å². The van der Waals surface area contributed by atoms with Gasteiger partial charge in [-0.25, -0.2) is 9.59 Å². The molecule has 10 nitrogen and oxygen atoms in total. The summed E-state index contributed by atoms with van der Waals surface area (Å²) in [6.45, 7) is -0.0488. The Labute approximate surface area is 150 Å². The van der Waals surface area contributed by atoms with Gasteiger partial charge in [0.25, 0.3) is 0 Å². The van der Waals surface area contributed by atoms with Crippen LogP contribution in [0.3, 0.4) is 0 Å². The summed E-state index contributed by atoms with van der Waals surface area (Å²) in [6, 6.07) is 7.19. The molecule has 0 aliphatic carbocycles. The smallest absolute Gasteiger partial charge is 0.357 e. The van der Waals surface area contributed by atoms with E-state index in [1.807, 2.05) is 0 Å². The predicted octanol–water partition coefficient (Wildman–Crippen LogP) is -0.687. The quantitative estimate of drug-likeness (QED) is 0.183. The number of rotatable bonds is 10. The minimum absolute atomic E-state index is 0.0808. The Balaban J connectivity index is 2.45. The molecule has 1 aromatic carbocycles. The number of nitrogens with one attached hydrogen (secondary N) is 1. The molecule has 0 spiro atoms. The Morgan fingerprint density at radius 1 is 1.27 bits per heavy atom. The van der Waals surface area contributed by atoms with Crippen molar-refractivity contribution in [1.29, 1.82) is 0 Å². The first kappa shape index (κ1) is 20.9. The number of carbonyl (C=O) groups excluding carboxylic acids is 2. The lowest BCUT2D eigenvalue weighted by molar-refractivity contribution is -0.145. The number of likely N-dealkylation sites (N-methyl/N-ethyl adjacent to an activating group) is 1. The van der Waals surface area contributed by atoms with Gasteiger partial charge in [0, 0.05) is 13.6 Å². The van der Waals surface area contributed by atoms with Crippen LogP contribution in [-0.4, -0.2) is 60.2 Å². The first-order chi connectivity index (χ1) is 12.3. The number of benzene rings is 1. The van der Waals surface area contributed by atoms with Gasteiger partial charge in [-0.2, -0.15) is 0 Å². The van der Waals surface area contributed by atoms with Crippen molar-refractivity contribution in [2.24, 2.45) is 16.5 Å². The monoisotopic (exact) mass is 365 g/mol. The first-order valence-electron chi connectivity index (χ1n) is 7.85. The summed E-state index contributed by atoms with van der Waals surface area (Å²) in [7, 11) is 1.40. The Bertz CT molecular complexity index is 646. The zero-order chi connectivity index (χ0) is 19.5. The Hall–Kier alpha value is -3.14. The second kappa shape index (κ2) is 10.7. The van der Waals surface area contributed by atoms with E-state index in [9.17, 15) is 14.4 Å². The molecule has 1 amide bonds. The number of aliphatic carboxylic acids is 1. The number of nitrogens with zero attached hydrogens (tertiary/aromatic N) is 2. The maximum absolute atomic E-state index is 12.0. The van der Waals surface area contributed by atoms with Crippen molar-refractivity contribution in [3.8, 4) is 0 Å². The Kier molecular flexibility index (Phi) is 8.58. The van der Waals surface area contributed by atoms with Crippen molar-refractivity contribution in [2.45, 2.75) is 18.9 Å². The molecule has 0 bridgehead atoms. The van der Waals surface area contributed by atoms with Crippen LogP contribution in [0.5, 0.6) is 0 Å². The minimum atomic E-state index is -1.17. The third kappa shape index (κ3) is 8.11. The van der Waals surface area contributed by atoms with E-state index in [2.05, 4.69) is 10.3 Å². The van der Waals surface area contributed by atoms with Gasteiger partial charge in [0.1, 0.15) is 12.6 Å². The maximum Gasteiger partial charge on any atom is 0.357 e. The lowest BCUT2D eigenvalue weighted by Crippen LogP contribution is -2.45. The molecule has 1 rings (SSSR count). The van der Waals surface area contributed by atoms with Gasteiger partial charge in [-0.3, -0.25) is 9.79 Å². The molecular weight excluding hydrogens is 342 g/mol. The van der Waals surface area contributed by atoms with Gasteiger partial charge in [-0.1, -0.05) is 18.2 Å². The molecule has 0 aliphatic heterocycles. The summed E-state index contributed by atoms with van der Waals surface area (Å²) in [5.41, 5.74) is 10.7. The van der Waals surface area contributed by atoms with Crippen LogP contribution in [0.2, 0.25) is 0 Å². The van der Waals surface area contributed by atoms with Crippen LogP contribution in [0, 0.1) is 0 Å². The highest BCUT2D eigenvalue weighted by Crippen LogP contribution is 2.03. The van der Waals surface area contributed by atoms with Crippen molar-refractivity contribution in [1.82, 2.24) is 10.4 Å². The third-order valence-electron chi connectivity index (χ3n) is 3.19. The molecule has 26 heavy (non-hydrogen) atoms. The number of aliphatic imine (C=N–C) groups is 1. The molecule has 142 valence electrons. The number of hydrogen-bond acceptors (Lipinski definition) is 6.